The van der Waals surface area contributed by atoms with E-state index in [0.29, 0.717) is 5.82 Å². The standard InChI is InChI=1S/C13H18N4O4/c1-9-8-15(2)4-3-5-16(9)12-6-10(13(18)19)11(7-14-12)17(20)21/h6-7,9H,3-5,8H2,1-2H3,(H,18,19). The van der Waals surface area contributed by atoms with Crippen molar-refractivity contribution >= 4 is 17.5 Å². The first kappa shape index (κ1) is 15.2. The van der Waals surface area contributed by atoms with Gasteiger partial charge in [-0.2, -0.15) is 0 Å². The molecule has 1 unspecified atom stereocenters. The van der Waals surface area contributed by atoms with Gasteiger partial charge >= 0.3 is 11.7 Å². The van der Waals surface area contributed by atoms with Gasteiger partial charge in [0.15, 0.2) is 0 Å². The number of likely N-dealkylation sites (N-methyl/N-ethyl adjacent to an activating group) is 1. The Bertz CT molecular complexity index is 563. The lowest BCUT2D eigenvalue weighted by Gasteiger charge is -2.29. The number of carboxylic acid groups (broad SMARTS) is 1. The average molecular weight is 294 g/mol. The number of aromatic carboxylic acids is 1. The second-order valence-corrected chi connectivity index (χ2v) is 5.28. The van der Waals surface area contributed by atoms with Crippen molar-refractivity contribution in [3.8, 4) is 0 Å². The predicted molar refractivity (Wildman–Crippen MR) is 76.8 cm³/mol. The molecule has 114 valence electrons. The van der Waals surface area contributed by atoms with Crippen LogP contribution in [0.3, 0.4) is 0 Å². The second kappa shape index (κ2) is 6.04. The molecule has 0 radical (unpaired) electrons. The van der Waals surface area contributed by atoms with Gasteiger partial charge in [-0.1, -0.05) is 0 Å². The Balaban J connectivity index is 2.37. The van der Waals surface area contributed by atoms with E-state index >= 15 is 0 Å². The lowest BCUT2D eigenvalue weighted by Crippen LogP contribution is -2.38. The molecule has 1 aliphatic heterocycles. The van der Waals surface area contributed by atoms with Crippen molar-refractivity contribution in [2.24, 2.45) is 0 Å². The molecule has 0 spiro atoms. The van der Waals surface area contributed by atoms with Gasteiger partial charge in [0, 0.05) is 25.2 Å². The Morgan fingerprint density at radius 1 is 1.52 bits per heavy atom. The van der Waals surface area contributed by atoms with Gasteiger partial charge in [-0.05, 0) is 26.9 Å². The van der Waals surface area contributed by atoms with E-state index in [1.807, 2.05) is 18.9 Å². The molecule has 1 fully saturated rings. The molecule has 1 aromatic rings. The average Bonchev–Trinajstić information content (AvgIpc) is 2.58. The SMILES string of the molecule is CC1CN(C)CCCN1c1cc(C(=O)O)c([N+](=O)[O-])cn1. The fraction of sp³-hybridized carbons (Fsp3) is 0.538. The molecule has 0 aromatic carbocycles. The zero-order valence-electron chi connectivity index (χ0n) is 12.0. The summed E-state index contributed by atoms with van der Waals surface area (Å²) in [5.41, 5.74) is -0.805. The molecule has 21 heavy (non-hydrogen) atoms. The third-order valence-electron chi connectivity index (χ3n) is 3.64. The highest BCUT2D eigenvalue weighted by atomic mass is 16.6. The van der Waals surface area contributed by atoms with Crippen molar-refractivity contribution in [2.45, 2.75) is 19.4 Å². The fourth-order valence-corrected chi connectivity index (χ4v) is 2.62. The third-order valence-corrected chi connectivity index (χ3v) is 3.64. The number of rotatable bonds is 3. The van der Waals surface area contributed by atoms with Gasteiger partial charge in [0.2, 0.25) is 0 Å². The topological polar surface area (TPSA) is 99.8 Å². The number of carbonyl (C=O) groups is 1. The maximum absolute atomic E-state index is 11.2. The zero-order chi connectivity index (χ0) is 15.6. The molecule has 0 bridgehead atoms. The molecule has 1 saturated heterocycles. The van der Waals surface area contributed by atoms with E-state index in [9.17, 15) is 14.9 Å². The molecule has 8 heteroatoms. The number of nitro groups is 1. The molecule has 0 saturated carbocycles. The minimum Gasteiger partial charge on any atom is -0.477 e. The van der Waals surface area contributed by atoms with Crippen LogP contribution in [-0.4, -0.2) is 58.6 Å². The molecule has 1 aliphatic rings. The van der Waals surface area contributed by atoms with Crippen LogP contribution >= 0.6 is 0 Å². The molecular formula is C13H18N4O4. The number of pyridine rings is 1. The summed E-state index contributed by atoms with van der Waals surface area (Å²) in [4.78, 5) is 29.6. The highest BCUT2D eigenvalue weighted by Crippen LogP contribution is 2.24. The first-order valence-corrected chi connectivity index (χ1v) is 6.73. The van der Waals surface area contributed by atoms with Crippen molar-refractivity contribution in [2.75, 3.05) is 31.6 Å². The van der Waals surface area contributed by atoms with Crippen LogP contribution in [0.4, 0.5) is 11.5 Å². The minimum atomic E-state index is -1.31. The van der Waals surface area contributed by atoms with Crippen LogP contribution in [0.15, 0.2) is 12.3 Å². The largest absolute Gasteiger partial charge is 0.477 e. The van der Waals surface area contributed by atoms with Gasteiger partial charge < -0.3 is 14.9 Å². The van der Waals surface area contributed by atoms with Gasteiger partial charge in [0.1, 0.15) is 17.6 Å². The Hall–Kier alpha value is -2.22. The summed E-state index contributed by atoms with van der Waals surface area (Å²) in [6, 6.07) is 1.45. The molecule has 0 aliphatic carbocycles. The summed E-state index contributed by atoms with van der Waals surface area (Å²) < 4.78 is 0. The normalized spacial score (nSPS) is 20.1. The van der Waals surface area contributed by atoms with E-state index in [1.54, 1.807) is 0 Å². The Labute approximate surface area is 122 Å². The van der Waals surface area contributed by atoms with Crippen LogP contribution in [0.25, 0.3) is 0 Å². The molecule has 0 amide bonds. The number of anilines is 1. The van der Waals surface area contributed by atoms with E-state index in [4.69, 9.17) is 5.11 Å². The summed E-state index contributed by atoms with van der Waals surface area (Å²) >= 11 is 0. The van der Waals surface area contributed by atoms with Crippen LogP contribution in [0.2, 0.25) is 0 Å². The fourth-order valence-electron chi connectivity index (χ4n) is 2.62. The van der Waals surface area contributed by atoms with Crippen molar-refractivity contribution in [1.29, 1.82) is 0 Å². The van der Waals surface area contributed by atoms with E-state index in [0.717, 1.165) is 32.3 Å². The van der Waals surface area contributed by atoms with Crippen molar-refractivity contribution in [1.82, 2.24) is 9.88 Å². The van der Waals surface area contributed by atoms with E-state index in [2.05, 4.69) is 9.88 Å². The molecule has 2 heterocycles. The Morgan fingerprint density at radius 2 is 2.24 bits per heavy atom. The molecular weight excluding hydrogens is 276 g/mol. The summed E-state index contributed by atoms with van der Waals surface area (Å²) in [6.45, 7) is 4.57. The third kappa shape index (κ3) is 3.27. The molecule has 1 atom stereocenters. The zero-order valence-corrected chi connectivity index (χ0v) is 12.0. The minimum absolute atomic E-state index is 0.160. The molecule has 1 N–H and O–H groups in total. The summed E-state index contributed by atoms with van der Waals surface area (Å²) in [5.74, 6) is -0.842. The lowest BCUT2D eigenvalue weighted by molar-refractivity contribution is -0.385. The number of carboxylic acids is 1. The maximum atomic E-state index is 11.2. The molecule has 8 nitrogen and oxygen atoms in total. The Morgan fingerprint density at radius 3 is 2.86 bits per heavy atom. The van der Waals surface area contributed by atoms with Gasteiger partial charge in [-0.3, -0.25) is 10.1 Å². The second-order valence-electron chi connectivity index (χ2n) is 5.28. The summed E-state index contributed by atoms with van der Waals surface area (Å²) in [5, 5.41) is 20.0. The van der Waals surface area contributed by atoms with E-state index in [-0.39, 0.29) is 11.6 Å². The quantitative estimate of drug-likeness (QED) is 0.660. The highest BCUT2D eigenvalue weighted by Gasteiger charge is 2.26. The van der Waals surface area contributed by atoms with Gasteiger partial charge in [-0.15, -0.1) is 0 Å². The van der Waals surface area contributed by atoms with Crippen molar-refractivity contribution < 1.29 is 14.8 Å². The van der Waals surface area contributed by atoms with Crippen LogP contribution in [-0.2, 0) is 0 Å². The first-order valence-electron chi connectivity index (χ1n) is 6.73. The van der Waals surface area contributed by atoms with Crippen LogP contribution in [0, 0.1) is 10.1 Å². The van der Waals surface area contributed by atoms with Gasteiger partial charge in [0.05, 0.1) is 4.92 Å². The van der Waals surface area contributed by atoms with Crippen LogP contribution < -0.4 is 4.90 Å². The lowest BCUT2D eigenvalue weighted by atomic mass is 10.2. The number of aromatic nitrogens is 1. The number of hydrogen-bond donors (Lipinski definition) is 1. The van der Waals surface area contributed by atoms with E-state index < -0.39 is 16.6 Å². The highest BCUT2D eigenvalue weighted by molar-refractivity contribution is 5.93. The van der Waals surface area contributed by atoms with Crippen LogP contribution in [0.5, 0.6) is 0 Å². The van der Waals surface area contributed by atoms with Crippen molar-refractivity contribution in [3.63, 3.8) is 0 Å². The predicted octanol–water partition coefficient (Wildman–Crippen LogP) is 1.22. The Kier molecular flexibility index (Phi) is 4.37. The maximum Gasteiger partial charge on any atom is 0.342 e. The monoisotopic (exact) mass is 294 g/mol. The van der Waals surface area contributed by atoms with Crippen molar-refractivity contribution in [3.05, 3.63) is 27.9 Å². The van der Waals surface area contributed by atoms with E-state index in [1.165, 1.54) is 6.07 Å². The van der Waals surface area contributed by atoms with Gasteiger partial charge in [-0.25, -0.2) is 9.78 Å². The van der Waals surface area contributed by atoms with Crippen LogP contribution in [0.1, 0.15) is 23.7 Å². The summed E-state index contributed by atoms with van der Waals surface area (Å²) in [6.07, 6.45) is 1.96. The number of nitrogens with zero attached hydrogens (tertiary/aromatic N) is 4. The molecule has 2 rings (SSSR count). The smallest absolute Gasteiger partial charge is 0.342 e. The number of hydrogen-bond acceptors (Lipinski definition) is 6. The first-order chi connectivity index (χ1) is 9.90. The molecule has 1 aromatic heterocycles. The van der Waals surface area contributed by atoms with Gasteiger partial charge in [0.25, 0.3) is 0 Å². The summed E-state index contributed by atoms with van der Waals surface area (Å²) in [7, 11) is 2.03.